The normalized spacial score (nSPS) is 16.7. The third kappa shape index (κ3) is 5.59. The predicted molar refractivity (Wildman–Crippen MR) is 158 cm³/mol. The number of hydrogen-bond donors (Lipinski definition) is 2. The molecular weight excluding hydrogens is 564 g/mol. The number of carbonyl (C=O) groups is 2. The number of rotatable bonds is 7. The molecule has 218 valence electrons. The lowest BCUT2D eigenvalue weighted by Gasteiger charge is -2.35. The highest BCUT2D eigenvalue weighted by atomic mass is 32.2. The van der Waals surface area contributed by atoms with Crippen molar-refractivity contribution in [3.8, 4) is 10.4 Å². The number of carbonyl (C=O) groups excluding carboxylic acids is 2. The predicted octanol–water partition coefficient (Wildman–Crippen LogP) is 3.92. The zero-order valence-corrected chi connectivity index (χ0v) is 25.6. The number of aromatic nitrogens is 2. The minimum atomic E-state index is -3.93. The van der Waals surface area contributed by atoms with Gasteiger partial charge in [0.2, 0.25) is 10.0 Å². The number of fused-ring (bicyclic) bond motifs is 1. The average molecular weight is 599 g/mol. The summed E-state index contributed by atoms with van der Waals surface area (Å²) in [5.41, 5.74) is 2.08. The van der Waals surface area contributed by atoms with Crippen LogP contribution in [0, 0.1) is 12.3 Å². The van der Waals surface area contributed by atoms with E-state index in [-0.39, 0.29) is 40.3 Å². The van der Waals surface area contributed by atoms with Crippen LogP contribution in [0.4, 0.5) is 16.8 Å². The van der Waals surface area contributed by atoms with E-state index in [0.717, 1.165) is 4.88 Å². The second-order valence-corrected chi connectivity index (χ2v) is 14.1. The lowest BCUT2D eigenvalue weighted by atomic mass is 9.87. The van der Waals surface area contributed by atoms with Gasteiger partial charge in [-0.1, -0.05) is 38.2 Å². The van der Waals surface area contributed by atoms with Gasteiger partial charge in [-0.05, 0) is 61.7 Å². The molecule has 0 unspecified atom stereocenters. The maximum atomic E-state index is 13.5. The van der Waals surface area contributed by atoms with Gasteiger partial charge in [0.15, 0.2) is 5.13 Å². The molecule has 2 amide bonds. The highest BCUT2D eigenvalue weighted by Gasteiger charge is 2.40. The van der Waals surface area contributed by atoms with E-state index in [1.54, 1.807) is 28.0 Å². The molecule has 1 saturated heterocycles. The molecule has 1 aromatic carbocycles. The Kier molecular flexibility index (Phi) is 7.66. The van der Waals surface area contributed by atoms with E-state index in [4.69, 9.17) is 4.74 Å². The molecule has 2 aliphatic rings. The Bertz CT molecular complexity index is 1630. The smallest absolute Gasteiger partial charge is 0.256 e. The van der Waals surface area contributed by atoms with Crippen LogP contribution in [0.5, 0.6) is 0 Å². The number of anilines is 3. The van der Waals surface area contributed by atoms with Crippen LogP contribution in [0.15, 0.2) is 35.2 Å². The van der Waals surface area contributed by atoms with Gasteiger partial charge < -0.3 is 15.0 Å². The number of thiazole rings is 1. The maximum absolute atomic E-state index is 13.5. The number of ether oxygens (including phenoxy) is 1. The molecule has 2 N–H and O–H groups in total. The van der Waals surface area contributed by atoms with Crippen molar-refractivity contribution in [2.45, 2.75) is 52.1 Å². The number of aryl methyl sites for hydroxylation is 1. The monoisotopic (exact) mass is 598 g/mol. The third-order valence-electron chi connectivity index (χ3n) is 7.57. The summed E-state index contributed by atoms with van der Waals surface area (Å²) in [4.78, 5) is 39.1. The summed E-state index contributed by atoms with van der Waals surface area (Å²) in [6, 6.07) is 8.71. The highest BCUT2D eigenvalue weighted by Crippen LogP contribution is 2.41. The van der Waals surface area contributed by atoms with Gasteiger partial charge in [-0.15, -0.1) is 0 Å². The van der Waals surface area contributed by atoms with E-state index in [2.05, 4.69) is 40.8 Å². The van der Waals surface area contributed by atoms with E-state index in [1.165, 1.54) is 18.4 Å². The number of pyridine rings is 1. The average Bonchev–Trinajstić information content (AvgIpc) is 3.46. The SMILES string of the molecule is CNS(=O)(=O)c1cc(-c2sc(Nc3cccc(N4CCOCC4=O)n3)nc2C)cc2c1C(=O)N([C@@H](C)C(C)(C)C)C2. The molecule has 13 heteroatoms. The van der Waals surface area contributed by atoms with Crippen LogP contribution < -0.4 is 14.9 Å². The minimum absolute atomic E-state index is 0.0267. The van der Waals surface area contributed by atoms with Crippen molar-refractivity contribution in [1.82, 2.24) is 19.6 Å². The molecule has 0 bridgehead atoms. The summed E-state index contributed by atoms with van der Waals surface area (Å²) >= 11 is 1.36. The standard InChI is InChI=1S/C28H34N6O5S2/c1-16-25(40-27(30-16)32-21-8-7-9-22(31-21)33-10-11-39-15-23(33)35)18-12-19-14-34(17(2)28(3,4)5)26(36)24(19)20(13-18)41(37,38)29-6/h7-9,12-13,17,29H,10-11,14-15H2,1-6H3,(H,30,31,32)/t17-/m0/s1. The van der Waals surface area contributed by atoms with Gasteiger partial charge in [0.25, 0.3) is 11.8 Å². The Hall–Kier alpha value is -3.39. The molecule has 1 atom stereocenters. The van der Waals surface area contributed by atoms with Crippen LogP contribution in [0.3, 0.4) is 0 Å². The first kappa shape index (κ1) is 29.1. The molecule has 5 rings (SSSR count). The van der Waals surface area contributed by atoms with E-state index in [0.29, 0.717) is 53.3 Å². The van der Waals surface area contributed by atoms with Gasteiger partial charge in [-0.2, -0.15) is 0 Å². The van der Waals surface area contributed by atoms with Gasteiger partial charge in [-0.25, -0.2) is 23.1 Å². The first-order valence-corrected chi connectivity index (χ1v) is 15.6. The lowest BCUT2D eigenvalue weighted by Crippen LogP contribution is -2.42. The van der Waals surface area contributed by atoms with Gasteiger partial charge in [0, 0.05) is 12.6 Å². The third-order valence-corrected chi connectivity index (χ3v) is 10.1. The van der Waals surface area contributed by atoms with E-state index in [9.17, 15) is 18.0 Å². The molecule has 2 aromatic heterocycles. The Labute approximate surface area is 244 Å². The van der Waals surface area contributed by atoms with Gasteiger partial charge >= 0.3 is 0 Å². The van der Waals surface area contributed by atoms with Crippen molar-refractivity contribution in [3.63, 3.8) is 0 Å². The highest BCUT2D eigenvalue weighted by molar-refractivity contribution is 7.89. The first-order chi connectivity index (χ1) is 19.3. The second-order valence-electron chi connectivity index (χ2n) is 11.2. The Morgan fingerprint density at radius 2 is 1.90 bits per heavy atom. The topological polar surface area (TPSA) is 134 Å². The minimum Gasteiger partial charge on any atom is -0.370 e. The van der Waals surface area contributed by atoms with Crippen LogP contribution in [-0.4, -0.2) is 67.9 Å². The quantitative estimate of drug-likeness (QED) is 0.418. The fraction of sp³-hybridized carbons (Fsp3) is 0.429. The molecule has 0 aliphatic carbocycles. The molecule has 41 heavy (non-hydrogen) atoms. The first-order valence-electron chi connectivity index (χ1n) is 13.3. The van der Waals surface area contributed by atoms with Gasteiger partial charge in [0.05, 0.1) is 34.2 Å². The summed E-state index contributed by atoms with van der Waals surface area (Å²) in [5.74, 6) is 0.616. The fourth-order valence-electron chi connectivity index (χ4n) is 4.90. The van der Waals surface area contributed by atoms with Crippen LogP contribution >= 0.6 is 11.3 Å². The number of nitrogens with zero attached hydrogens (tertiary/aromatic N) is 4. The molecule has 2 aliphatic heterocycles. The molecule has 1 fully saturated rings. The van der Waals surface area contributed by atoms with Crippen molar-refractivity contribution in [2.24, 2.45) is 5.41 Å². The molecule has 3 aromatic rings. The van der Waals surface area contributed by atoms with Crippen molar-refractivity contribution < 1.29 is 22.7 Å². The van der Waals surface area contributed by atoms with Crippen LogP contribution in [-0.2, 0) is 26.1 Å². The van der Waals surface area contributed by atoms with Gasteiger partial charge in [-0.3, -0.25) is 14.5 Å². The molecule has 0 saturated carbocycles. The van der Waals surface area contributed by atoms with Crippen molar-refractivity contribution in [1.29, 1.82) is 0 Å². The van der Waals surface area contributed by atoms with E-state index in [1.807, 2.05) is 26.0 Å². The van der Waals surface area contributed by atoms with E-state index >= 15 is 0 Å². The molecule has 0 radical (unpaired) electrons. The summed E-state index contributed by atoms with van der Waals surface area (Å²) in [6.07, 6.45) is 0. The summed E-state index contributed by atoms with van der Waals surface area (Å²) in [5, 5.41) is 3.78. The molecule has 11 nitrogen and oxygen atoms in total. The van der Waals surface area contributed by atoms with Crippen LogP contribution in [0.1, 0.15) is 49.3 Å². The Balaban J connectivity index is 1.50. The summed E-state index contributed by atoms with van der Waals surface area (Å²) in [7, 11) is -2.58. The largest absolute Gasteiger partial charge is 0.370 e. The summed E-state index contributed by atoms with van der Waals surface area (Å²) in [6.45, 7) is 11.2. The number of morpholine rings is 1. The number of nitrogens with one attached hydrogen (secondary N) is 2. The van der Waals surface area contributed by atoms with Crippen LogP contribution in [0.2, 0.25) is 0 Å². The Morgan fingerprint density at radius 3 is 2.59 bits per heavy atom. The molecule has 4 heterocycles. The lowest BCUT2D eigenvalue weighted by molar-refractivity contribution is -0.125. The van der Waals surface area contributed by atoms with E-state index < -0.39 is 10.0 Å². The number of hydrogen-bond acceptors (Lipinski definition) is 9. The number of benzene rings is 1. The van der Waals surface area contributed by atoms with Crippen molar-refractivity contribution in [2.75, 3.05) is 37.0 Å². The molecular formula is C28H34N6O5S2. The maximum Gasteiger partial charge on any atom is 0.256 e. The number of sulfonamides is 1. The number of amides is 2. The second kappa shape index (κ2) is 10.8. The molecule has 0 spiro atoms. The zero-order valence-electron chi connectivity index (χ0n) is 23.9. The van der Waals surface area contributed by atoms with Gasteiger partial charge in [0.1, 0.15) is 18.2 Å². The Morgan fingerprint density at radius 1 is 1.15 bits per heavy atom. The van der Waals surface area contributed by atoms with Crippen molar-refractivity contribution in [3.05, 3.63) is 47.2 Å². The van der Waals surface area contributed by atoms with Crippen molar-refractivity contribution >= 4 is 49.9 Å². The zero-order chi connectivity index (χ0) is 29.7. The fourth-order valence-corrected chi connectivity index (χ4v) is 6.85. The van der Waals surface area contributed by atoms with Crippen LogP contribution in [0.25, 0.3) is 10.4 Å². The summed E-state index contributed by atoms with van der Waals surface area (Å²) < 4.78 is 33.9.